The first kappa shape index (κ1) is 24.4. The number of phenols is 2. The Morgan fingerprint density at radius 3 is 1.80 bits per heavy atom. The molecule has 1 atom stereocenters. The van der Waals surface area contributed by atoms with Crippen LogP contribution in [0.2, 0.25) is 0 Å². The SMILES string of the molecule is CC(C)(C)c1cc([C@@H](c2ccc(O)cc2)c2c(O)c3ccccc3oc2=O)cc(C(C)(C)C)c1O. The lowest BCUT2D eigenvalue weighted by Crippen LogP contribution is -2.20. The molecule has 0 bridgehead atoms. The molecule has 1 heterocycles. The zero-order valence-electron chi connectivity index (χ0n) is 21.0. The van der Waals surface area contributed by atoms with Crippen LogP contribution in [-0.2, 0) is 10.8 Å². The van der Waals surface area contributed by atoms with Crippen molar-refractivity contribution in [1.82, 2.24) is 0 Å². The van der Waals surface area contributed by atoms with Crippen molar-refractivity contribution in [2.45, 2.75) is 58.3 Å². The summed E-state index contributed by atoms with van der Waals surface area (Å²) in [4.78, 5) is 13.3. The fraction of sp³-hybridized carbons (Fsp3) is 0.300. The van der Waals surface area contributed by atoms with Gasteiger partial charge in [-0.3, -0.25) is 0 Å². The van der Waals surface area contributed by atoms with Gasteiger partial charge in [0.1, 0.15) is 22.8 Å². The average Bonchev–Trinajstić information content (AvgIpc) is 2.76. The van der Waals surface area contributed by atoms with Crippen LogP contribution in [0.3, 0.4) is 0 Å². The van der Waals surface area contributed by atoms with Gasteiger partial charge in [-0.05, 0) is 57.3 Å². The Balaban J connectivity index is 2.12. The summed E-state index contributed by atoms with van der Waals surface area (Å²) in [6, 6.07) is 17.2. The van der Waals surface area contributed by atoms with Gasteiger partial charge in [0.05, 0.1) is 10.9 Å². The molecule has 0 aliphatic carbocycles. The summed E-state index contributed by atoms with van der Waals surface area (Å²) in [5.74, 6) is -0.511. The third kappa shape index (κ3) is 4.51. The summed E-state index contributed by atoms with van der Waals surface area (Å²) in [7, 11) is 0. The second-order valence-corrected chi connectivity index (χ2v) is 11.1. The number of para-hydroxylation sites is 1. The number of benzene rings is 3. The van der Waals surface area contributed by atoms with E-state index in [1.54, 1.807) is 48.5 Å². The van der Waals surface area contributed by atoms with E-state index in [1.807, 2.05) is 53.7 Å². The maximum Gasteiger partial charge on any atom is 0.344 e. The van der Waals surface area contributed by atoms with Gasteiger partial charge >= 0.3 is 5.63 Å². The zero-order valence-corrected chi connectivity index (χ0v) is 21.0. The van der Waals surface area contributed by atoms with Crippen molar-refractivity contribution in [2.24, 2.45) is 0 Å². The van der Waals surface area contributed by atoms with E-state index < -0.39 is 11.5 Å². The van der Waals surface area contributed by atoms with Crippen LogP contribution in [0.25, 0.3) is 11.0 Å². The van der Waals surface area contributed by atoms with Gasteiger partial charge in [-0.1, -0.05) is 77.9 Å². The maximum absolute atomic E-state index is 13.3. The topological polar surface area (TPSA) is 90.9 Å². The van der Waals surface area contributed by atoms with E-state index in [0.717, 1.165) is 16.7 Å². The number of aromatic hydroxyl groups is 3. The van der Waals surface area contributed by atoms with Gasteiger partial charge in [0.2, 0.25) is 0 Å². The molecule has 5 heteroatoms. The molecule has 0 spiro atoms. The third-order valence-corrected chi connectivity index (χ3v) is 6.42. The summed E-state index contributed by atoms with van der Waals surface area (Å²) in [5.41, 5.74) is 1.95. The van der Waals surface area contributed by atoms with Gasteiger partial charge in [-0.25, -0.2) is 4.79 Å². The summed E-state index contributed by atoms with van der Waals surface area (Å²) in [6.45, 7) is 12.1. The van der Waals surface area contributed by atoms with Crippen molar-refractivity contribution in [1.29, 1.82) is 0 Å². The first-order chi connectivity index (χ1) is 16.3. The van der Waals surface area contributed by atoms with Crippen LogP contribution in [0.4, 0.5) is 0 Å². The van der Waals surface area contributed by atoms with E-state index in [4.69, 9.17) is 4.42 Å². The van der Waals surface area contributed by atoms with Gasteiger partial charge in [-0.15, -0.1) is 0 Å². The molecule has 0 amide bonds. The zero-order chi connectivity index (χ0) is 25.7. The van der Waals surface area contributed by atoms with Gasteiger partial charge in [0.25, 0.3) is 0 Å². The van der Waals surface area contributed by atoms with Crippen molar-refractivity contribution in [2.75, 3.05) is 0 Å². The Morgan fingerprint density at radius 1 is 0.714 bits per heavy atom. The lowest BCUT2D eigenvalue weighted by Gasteiger charge is -2.30. The first-order valence-corrected chi connectivity index (χ1v) is 11.7. The van der Waals surface area contributed by atoms with Gasteiger partial charge in [0, 0.05) is 5.92 Å². The van der Waals surface area contributed by atoms with E-state index in [-0.39, 0.29) is 33.6 Å². The van der Waals surface area contributed by atoms with Crippen molar-refractivity contribution in [3.05, 3.63) is 98.9 Å². The lowest BCUT2D eigenvalue weighted by atomic mass is 9.75. The Bertz CT molecular complexity index is 1410. The van der Waals surface area contributed by atoms with Gasteiger partial charge in [0.15, 0.2) is 0 Å². The number of phenolic OH excluding ortho intramolecular Hbond substituents is 2. The minimum absolute atomic E-state index is 0.0961. The van der Waals surface area contributed by atoms with Gasteiger partial charge < -0.3 is 19.7 Å². The monoisotopic (exact) mass is 472 g/mol. The van der Waals surface area contributed by atoms with Crippen LogP contribution in [-0.4, -0.2) is 15.3 Å². The molecule has 0 radical (unpaired) electrons. The molecule has 35 heavy (non-hydrogen) atoms. The second-order valence-electron chi connectivity index (χ2n) is 11.1. The highest BCUT2D eigenvalue weighted by molar-refractivity contribution is 5.84. The molecule has 0 saturated carbocycles. The maximum atomic E-state index is 13.3. The van der Waals surface area contributed by atoms with Crippen molar-refractivity contribution >= 4 is 11.0 Å². The highest BCUT2D eigenvalue weighted by Gasteiger charge is 2.32. The minimum Gasteiger partial charge on any atom is -0.508 e. The number of fused-ring (bicyclic) bond motifs is 1. The first-order valence-electron chi connectivity index (χ1n) is 11.7. The molecule has 0 fully saturated rings. The lowest BCUT2D eigenvalue weighted by molar-refractivity contribution is 0.422. The average molecular weight is 473 g/mol. The largest absolute Gasteiger partial charge is 0.508 e. The van der Waals surface area contributed by atoms with Crippen LogP contribution in [0.5, 0.6) is 17.2 Å². The molecule has 0 unspecified atom stereocenters. The highest BCUT2D eigenvalue weighted by atomic mass is 16.4. The molecule has 4 rings (SSSR count). The predicted molar refractivity (Wildman–Crippen MR) is 139 cm³/mol. The predicted octanol–water partition coefficient (Wildman–Crippen LogP) is 6.69. The van der Waals surface area contributed by atoms with E-state index >= 15 is 0 Å². The number of hydrogen-bond donors (Lipinski definition) is 3. The molecular formula is C30H32O5. The molecule has 3 N–H and O–H groups in total. The van der Waals surface area contributed by atoms with Crippen LogP contribution < -0.4 is 5.63 Å². The van der Waals surface area contributed by atoms with Crippen molar-refractivity contribution in [3.8, 4) is 17.2 Å². The minimum atomic E-state index is -0.695. The molecule has 1 aromatic heterocycles. The van der Waals surface area contributed by atoms with Crippen LogP contribution in [0.1, 0.15) is 75.3 Å². The standard InChI is InChI=1S/C30H32O5/c1-29(2,3)21-15-18(16-22(27(21)33)30(4,5)6)24(17-11-13-19(31)14-12-17)25-26(32)20-9-7-8-10-23(20)35-28(25)34/h7-16,24,31-33H,1-6H3/t24-/m1/s1. The third-order valence-electron chi connectivity index (χ3n) is 6.42. The molecule has 3 aromatic carbocycles. The summed E-state index contributed by atoms with van der Waals surface area (Å²) in [6.07, 6.45) is 0. The molecular weight excluding hydrogens is 440 g/mol. The van der Waals surface area contributed by atoms with Crippen LogP contribution in [0, 0.1) is 0 Å². The number of rotatable bonds is 3. The quantitative estimate of drug-likeness (QED) is 0.289. The summed E-state index contributed by atoms with van der Waals surface area (Å²) >= 11 is 0. The fourth-order valence-corrected chi connectivity index (χ4v) is 4.56. The fourth-order valence-electron chi connectivity index (χ4n) is 4.56. The second kappa shape index (κ2) is 8.49. The van der Waals surface area contributed by atoms with E-state index in [0.29, 0.717) is 16.5 Å². The van der Waals surface area contributed by atoms with Gasteiger partial charge in [-0.2, -0.15) is 0 Å². The number of hydrogen-bond acceptors (Lipinski definition) is 5. The smallest absolute Gasteiger partial charge is 0.344 e. The van der Waals surface area contributed by atoms with Crippen LogP contribution in [0.15, 0.2) is 69.9 Å². The van der Waals surface area contributed by atoms with E-state index in [9.17, 15) is 20.1 Å². The molecule has 5 nitrogen and oxygen atoms in total. The normalized spacial score (nSPS) is 13.2. The summed E-state index contributed by atoms with van der Waals surface area (Å²) < 4.78 is 5.63. The molecule has 182 valence electrons. The van der Waals surface area contributed by atoms with E-state index in [2.05, 4.69) is 0 Å². The molecule has 0 aliphatic heterocycles. The van der Waals surface area contributed by atoms with Crippen molar-refractivity contribution < 1.29 is 19.7 Å². The summed E-state index contributed by atoms with van der Waals surface area (Å²) in [5, 5.41) is 32.9. The highest BCUT2D eigenvalue weighted by Crippen LogP contribution is 2.45. The Labute approximate surface area is 205 Å². The molecule has 0 saturated heterocycles. The van der Waals surface area contributed by atoms with E-state index in [1.165, 1.54) is 0 Å². The van der Waals surface area contributed by atoms with Crippen LogP contribution >= 0.6 is 0 Å². The Morgan fingerprint density at radius 2 is 1.26 bits per heavy atom. The molecule has 0 aliphatic rings. The Hall–Kier alpha value is -3.73. The van der Waals surface area contributed by atoms with Crippen molar-refractivity contribution in [3.63, 3.8) is 0 Å². The molecule has 4 aromatic rings. The Kier molecular flexibility index (Phi) is 5.92.